The minimum Gasteiger partial charge on any atom is -0.494 e. The van der Waals surface area contributed by atoms with Crippen molar-refractivity contribution in [1.29, 1.82) is 0 Å². The summed E-state index contributed by atoms with van der Waals surface area (Å²) in [4.78, 5) is 48.1. The van der Waals surface area contributed by atoms with Crippen LogP contribution in [0.2, 0.25) is 0 Å². The molecule has 4 aliphatic heterocycles. The molecule has 0 aliphatic carbocycles. The van der Waals surface area contributed by atoms with Crippen molar-refractivity contribution >= 4 is 35.2 Å². The maximum atomic E-state index is 14.4. The molecule has 0 saturated carbocycles. The number of benzene rings is 1. The summed E-state index contributed by atoms with van der Waals surface area (Å²) in [6.45, 7) is 10.9. The van der Waals surface area contributed by atoms with Crippen molar-refractivity contribution in [3.63, 3.8) is 0 Å². The number of aliphatic hydroxyl groups is 1. The fourth-order valence-electron chi connectivity index (χ4n) is 6.66. The molecule has 210 valence electrons. The van der Waals surface area contributed by atoms with Gasteiger partial charge in [0, 0.05) is 30.1 Å². The van der Waals surface area contributed by atoms with Gasteiger partial charge in [0.1, 0.15) is 11.8 Å². The highest BCUT2D eigenvalue weighted by Gasteiger charge is 2.72. The third-order valence-corrected chi connectivity index (χ3v) is 10.3. The molecule has 9 heteroatoms. The van der Waals surface area contributed by atoms with Crippen LogP contribution >= 0.6 is 11.8 Å². The van der Waals surface area contributed by atoms with Gasteiger partial charge in [0.15, 0.2) is 0 Å². The summed E-state index contributed by atoms with van der Waals surface area (Å²) >= 11 is 1.57. The largest absolute Gasteiger partial charge is 0.494 e. The molecule has 39 heavy (non-hydrogen) atoms. The minimum absolute atomic E-state index is 0.0477. The van der Waals surface area contributed by atoms with Gasteiger partial charge in [-0.3, -0.25) is 14.4 Å². The number of anilines is 1. The predicted octanol–water partition coefficient (Wildman–Crippen LogP) is 3.11. The SMILES string of the molecule is CCOc1ccc(N2CC=C[C@H]3S[C@]45C=CCN(C(C)C)C(=O)C4N([C@@H](CO)C(C)C)C(=O)[C@@H]5[C@H]3C2=O)cc1. The van der Waals surface area contributed by atoms with Gasteiger partial charge in [0.25, 0.3) is 0 Å². The van der Waals surface area contributed by atoms with Crippen molar-refractivity contribution in [3.8, 4) is 5.75 Å². The fraction of sp³-hybridized carbons (Fsp3) is 0.567. The number of thioether (sulfide) groups is 1. The quantitative estimate of drug-likeness (QED) is 0.522. The van der Waals surface area contributed by atoms with Crippen LogP contribution in [0.15, 0.2) is 48.6 Å². The summed E-state index contributed by atoms with van der Waals surface area (Å²) in [6.07, 6.45) is 8.05. The molecule has 4 heterocycles. The van der Waals surface area contributed by atoms with Gasteiger partial charge < -0.3 is 24.5 Å². The average Bonchev–Trinajstić information content (AvgIpc) is 3.20. The van der Waals surface area contributed by atoms with Gasteiger partial charge in [-0.2, -0.15) is 0 Å². The third kappa shape index (κ3) is 4.38. The molecule has 3 amide bonds. The van der Waals surface area contributed by atoms with Crippen molar-refractivity contribution in [2.24, 2.45) is 17.8 Å². The molecule has 4 aliphatic rings. The molecule has 0 radical (unpaired) electrons. The number of hydrogen-bond donors (Lipinski definition) is 1. The number of aliphatic hydroxyl groups excluding tert-OH is 1. The molecular weight excluding hydrogens is 514 g/mol. The number of nitrogens with zero attached hydrogens (tertiary/aromatic N) is 3. The smallest absolute Gasteiger partial charge is 0.247 e. The van der Waals surface area contributed by atoms with Crippen LogP contribution in [0.3, 0.4) is 0 Å². The van der Waals surface area contributed by atoms with E-state index < -0.39 is 28.7 Å². The summed E-state index contributed by atoms with van der Waals surface area (Å²) in [7, 11) is 0. The number of fused-ring (bicyclic) bond motifs is 2. The van der Waals surface area contributed by atoms with Crippen LogP contribution in [-0.4, -0.2) is 87.1 Å². The summed E-state index contributed by atoms with van der Waals surface area (Å²) in [5.74, 6) is -1.12. The van der Waals surface area contributed by atoms with E-state index in [-0.39, 0.29) is 41.5 Å². The first-order valence-corrected chi connectivity index (χ1v) is 14.8. The molecule has 8 nitrogen and oxygen atoms in total. The Hall–Kier alpha value is -2.78. The summed E-state index contributed by atoms with van der Waals surface area (Å²) in [6, 6.07) is 6.09. The zero-order chi connectivity index (χ0) is 28.1. The van der Waals surface area contributed by atoms with Crippen LogP contribution in [0.5, 0.6) is 5.75 Å². The van der Waals surface area contributed by atoms with Crippen LogP contribution in [0.4, 0.5) is 5.69 Å². The lowest BCUT2D eigenvalue weighted by Crippen LogP contribution is -2.58. The van der Waals surface area contributed by atoms with Crippen LogP contribution in [0, 0.1) is 17.8 Å². The van der Waals surface area contributed by atoms with Gasteiger partial charge in [-0.15, -0.1) is 11.8 Å². The van der Waals surface area contributed by atoms with E-state index in [0.717, 1.165) is 11.4 Å². The highest BCUT2D eigenvalue weighted by molar-refractivity contribution is 8.02. The summed E-state index contributed by atoms with van der Waals surface area (Å²) in [5, 5.41) is 10.2. The van der Waals surface area contributed by atoms with E-state index in [1.165, 1.54) is 0 Å². The van der Waals surface area contributed by atoms with E-state index in [0.29, 0.717) is 19.7 Å². The molecular formula is C30H39N3O5S. The maximum Gasteiger partial charge on any atom is 0.247 e. The van der Waals surface area contributed by atoms with Crippen molar-refractivity contribution in [2.45, 2.75) is 62.7 Å². The number of ether oxygens (including phenoxy) is 1. The second-order valence-corrected chi connectivity index (χ2v) is 12.9. The average molecular weight is 554 g/mol. The van der Waals surface area contributed by atoms with Crippen LogP contribution < -0.4 is 9.64 Å². The molecule has 2 fully saturated rings. The van der Waals surface area contributed by atoms with Gasteiger partial charge in [-0.25, -0.2) is 0 Å². The maximum absolute atomic E-state index is 14.4. The van der Waals surface area contributed by atoms with Crippen LogP contribution in [0.25, 0.3) is 0 Å². The van der Waals surface area contributed by atoms with Gasteiger partial charge in [-0.05, 0) is 51.0 Å². The Morgan fingerprint density at radius 3 is 2.36 bits per heavy atom. The highest BCUT2D eigenvalue weighted by Crippen LogP contribution is 2.61. The topological polar surface area (TPSA) is 90.4 Å². The molecule has 5 rings (SSSR count). The first-order chi connectivity index (χ1) is 18.7. The molecule has 1 N–H and O–H groups in total. The molecule has 0 bridgehead atoms. The van der Waals surface area contributed by atoms with E-state index in [1.807, 2.05) is 83.2 Å². The van der Waals surface area contributed by atoms with Crippen molar-refractivity contribution in [1.82, 2.24) is 9.80 Å². The van der Waals surface area contributed by atoms with Gasteiger partial charge in [0.05, 0.1) is 35.8 Å². The van der Waals surface area contributed by atoms with Crippen molar-refractivity contribution in [3.05, 3.63) is 48.6 Å². The predicted molar refractivity (Wildman–Crippen MR) is 153 cm³/mol. The Bertz CT molecular complexity index is 1180. The van der Waals surface area contributed by atoms with Gasteiger partial charge in [0.2, 0.25) is 17.7 Å². The number of carbonyl (C=O) groups excluding carboxylic acids is 3. The third-order valence-electron chi connectivity index (χ3n) is 8.52. The standard InChI is InChI=1S/C30H39N3O5S/c1-6-38-21-12-10-20(11-13-21)32-15-7-9-23-24(27(32)35)25-28(36)33(22(17-34)18(2)3)26-29(37)31(19(4)5)16-8-14-30(25,26)39-23/h7-14,18-19,22-26,34H,6,15-17H2,1-5H3/t22-,23+,24-,25-,26?,30-/m0/s1. The molecule has 1 spiro atoms. The molecule has 1 aromatic rings. The van der Waals surface area contributed by atoms with E-state index in [9.17, 15) is 19.5 Å². The number of hydrogen-bond acceptors (Lipinski definition) is 6. The molecule has 1 unspecified atom stereocenters. The molecule has 0 aromatic heterocycles. The Morgan fingerprint density at radius 2 is 1.74 bits per heavy atom. The Labute approximate surface area is 235 Å². The number of amides is 3. The molecule has 2 saturated heterocycles. The zero-order valence-electron chi connectivity index (χ0n) is 23.3. The van der Waals surface area contributed by atoms with E-state index in [1.54, 1.807) is 26.5 Å². The first-order valence-electron chi connectivity index (χ1n) is 14.0. The normalized spacial score (nSPS) is 31.0. The van der Waals surface area contributed by atoms with E-state index in [2.05, 4.69) is 0 Å². The summed E-state index contributed by atoms with van der Waals surface area (Å²) in [5.41, 5.74) is 0.743. The Morgan fingerprint density at radius 1 is 1.03 bits per heavy atom. The van der Waals surface area contributed by atoms with Crippen LogP contribution in [-0.2, 0) is 14.4 Å². The van der Waals surface area contributed by atoms with Gasteiger partial charge >= 0.3 is 0 Å². The van der Waals surface area contributed by atoms with E-state index >= 15 is 0 Å². The molecule has 1 aromatic carbocycles. The second-order valence-electron chi connectivity index (χ2n) is 11.4. The monoisotopic (exact) mass is 553 g/mol. The van der Waals surface area contributed by atoms with Gasteiger partial charge in [-0.1, -0.05) is 38.2 Å². The zero-order valence-corrected chi connectivity index (χ0v) is 24.1. The minimum atomic E-state index is -0.892. The Balaban J connectivity index is 1.59. The van der Waals surface area contributed by atoms with Crippen molar-refractivity contribution < 1.29 is 24.2 Å². The van der Waals surface area contributed by atoms with E-state index in [4.69, 9.17) is 4.74 Å². The second kappa shape index (κ2) is 10.7. The fourth-order valence-corrected chi connectivity index (χ4v) is 8.65. The lowest BCUT2D eigenvalue weighted by atomic mass is 9.78. The van der Waals surface area contributed by atoms with Crippen LogP contribution in [0.1, 0.15) is 34.6 Å². The number of likely N-dealkylation sites (tertiary alicyclic amines) is 1. The number of carbonyl (C=O) groups is 3. The highest BCUT2D eigenvalue weighted by atomic mass is 32.2. The lowest BCUT2D eigenvalue weighted by molar-refractivity contribution is -0.147. The number of rotatable bonds is 7. The lowest BCUT2D eigenvalue weighted by Gasteiger charge is -2.40. The summed E-state index contributed by atoms with van der Waals surface area (Å²) < 4.78 is 4.68. The Kier molecular flexibility index (Phi) is 7.59. The van der Waals surface area contributed by atoms with Crippen molar-refractivity contribution in [2.75, 3.05) is 31.2 Å². The molecule has 6 atom stereocenters. The first kappa shape index (κ1) is 27.8.